The Hall–Kier alpha value is -2.44. The van der Waals surface area contributed by atoms with E-state index in [9.17, 15) is 14.7 Å². The molecule has 3 rings (SSSR count). The van der Waals surface area contributed by atoms with Gasteiger partial charge in [-0.3, -0.25) is 9.59 Å². The van der Waals surface area contributed by atoms with Gasteiger partial charge in [-0.1, -0.05) is 88.1 Å². The summed E-state index contributed by atoms with van der Waals surface area (Å²) in [6, 6.07) is 10.3. The van der Waals surface area contributed by atoms with Crippen LogP contribution in [0.3, 0.4) is 0 Å². The smallest absolute Gasteiger partial charge is 0.249 e. The molecule has 0 aromatic heterocycles. The van der Waals surface area contributed by atoms with E-state index in [1.807, 2.05) is 47.4 Å². The summed E-state index contributed by atoms with van der Waals surface area (Å²) in [6.45, 7) is 5.88. The van der Waals surface area contributed by atoms with Gasteiger partial charge in [-0.2, -0.15) is 0 Å². The van der Waals surface area contributed by atoms with Gasteiger partial charge in [0.2, 0.25) is 11.8 Å². The molecule has 6 nitrogen and oxygen atoms in total. The maximum absolute atomic E-state index is 13.5. The lowest BCUT2D eigenvalue weighted by atomic mass is 9.64. The fourth-order valence-corrected chi connectivity index (χ4v) is 6.02. The number of nitrogens with two attached hydrogens (primary N) is 1. The van der Waals surface area contributed by atoms with Crippen LogP contribution in [-0.4, -0.2) is 53.6 Å². The minimum absolute atomic E-state index is 0.0387. The van der Waals surface area contributed by atoms with Crippen molar-refractivity contribution in [2.45, 2.75) is 90.2 Å². The number of hydrogen-bond donors (Lipinski definition) is 3. The lowest BCUT2D eigenvalue weighted by Gasteiger charge is -2.41. The first-order valence-electron chi connectivity index (χ1n) is 14.3. The average Bonchev–Trinajstić information content (AvgIpc) is 3.19. The van der Waals surface area contributed by atoms with E-state index in [2.05, 4.69) is 19.2 Å². The Labute approximate surface area is 223 Å². The van der Waals surface area contributed by atoms with E-state index in [-0.39, 0.29) is 12.3 Å². The summed E-state index contributed by atoms with van der Waals surface area (Å²) in [6.07, 6.45) is 14.3. The Morgan fingerprint density at radius 3 is 2.32 bits per heavy atom. The van der Waals surface area contributed by atoms with Crippen LogP contribution in [0.1, 0.15) is 77.2 Å². The highest BCUT2D eigenvalue weighted by Gasteiger charge is 2.47. The number of aliphatic hydroxyl groups excluding tert-OH is 1. The van der Waals surface area contributed by atoms with Crippen molar-refractivity contribution in [1.29, 1.82) is 0 Å². The number of amides is 2. The number of aliphatic hydroxyl groups is 1. The summed E-state index contributed by atoms with van der Waals surface area (Å²) >= 11 is 0. The van der Waals surface area contributed by atoms with Crippen molar-refractivity contribution < 1.29 is 14.7 Å². The molecule has 0 aliphatic heterocycles. The van der Waals surface area contributed by atoms with Gasteiger partial charge in [0, 0.05) is 37.2 Å². The number of primary amides is 1. The van der Waals surface area contributed by atoms with Crippen molar-refractivity contribution in [2.24, 2.45) is 17.1 Å². The third-order valence-electron chi connectivity index (χ3n) is 8.08. The van der Waals surface area contributed by atoms with Gasteiger partial charge in [-0.05, 0) is 44.1 Å². The van der Waals surface area contributed by atoms with E-state index in [0.717, 1.165) is 31.2 Å². The van der Waals surface area contributed by atoms with Crippen LogP contribution in [0.15, 0.2) is 54.1 Å². The van der Waals surface area contributed by atoms with Crippen LogP contribution in [-0.2, 0) is 16.0 Å². The Balaban J connectivity index is 1.88. The van der Waals surface area contributed by atoms with Crippen LogP contribution < -0.4 is 11.1 Å². The molecule has 0 bridgehead atoms. The molecule has 6 heteroatoms. The Morgan fingerprint density at radius 1 is 1.08 bits per heavy atom. The lowest BCUT2D eigenvalue weighted by Crippen LogP contribution is -2.52. The van der Waals surface area contributed by atoms with E-state index >= 15 is 0 Å². The summed E-state index contributed by atoms with van der Waals surface area (Å²) in [4.78, 5) is 28.6. The highest BCUT2D eigenvalue weighted by Crippen LogP contribution is 2.43. The van der Waals surface area contributed by atoms with Crippen LogP contribution in [0.25, 0.3) is 0 Å². The summed E-state index contributed by atoms with van der Waals surface area (Å²) in [5.41, 5.74) is 6.61. The Morgan fingerprint density at radius 2 is 1.73 bits per heavy atom. The number of allylic oxidation sites excluding steroid dienone is 2. The zero-order valence-corrected chi connectivity index (χ0v) is 22.8. The maximum Gasteiger partial charge on any atom is 0.249 e. The highest BCUT2D eigenvalue weighted by atomic mass is 16.3. The molecule has 37 heavy (non-hydrogen) atoms. The highest BCUT2D eigenvalue weighted by molar-refractivity contribution is 5.96. The van der Waals surface area contributed by atoms with Crippen molar-refractivity contribution in [1.82, 2.24) is 10.2 Å². The number of carbonyl (C=O) groups excluding carboxylic acids is 2. The number of carbonyl (C=O) groups is 2. The number of hydrogen-bond acceptors (Lipinski definition) is 4. The van der Waals surface area contributed by atoms with Crippen molar-refractivity contribution in [3.05, 3.63) is 59.7 Å². The van der Waals surface area contributed by atoms with E-state index in [0.29, 0.717) is 37.7 Å². The Bertz CT molecular complexity index is 915. The van der Waals surface area contributed by atoms with Crippen LogP contribution >= 0.6 is 0 Å². The van der Waals surface area contributed by atoms with Gasteiger partial charge in [-0.25, -0.2) is 0 Å². The molecule has 2 aliphatic carbocycles. The van der Waals surface area contributed by atoms with Gasteiger partial charge in [0.15, 0.2) is 0 Å². The molecular formula is C31H47N3O3. The van der Waals surface area contributed by atoms with Crippen molar-refractivity contribution in [3.8, 4) is 0 Å². The van der Waals surface area contributed by atoms with Crippen molar-refractivity contribution >= 4 is 11.8 Å². The standard InChI is InChI=1S/C31H47N3O3/c1-3-19-34(20-4-2)29(36)25-15-12-18-31(22-25,30(32)37)27(21-24-13-8-7-9-14-24)28(35)23-33-26-16-10-5-6-11-17-26/h7-9,12-15,18,26-28,33,35H,3-6,10-11,16-17,19-23H2,1-2H3,(H2,32,37)/t27-,28+,31?/m1/s1. The Kier molecular flexibility index (Phi) is 11.4. The summed E-state index contributed by atoms with van der Waals surface area (Å²) < 4.78 is 0. The molecule has 2 aliphatic rings. The molecule has 0 spiro atoms. The summed E-state index contributed by atoms with van der Waals surface area (Å²) in [5, 5.41) is 15.2. The molecule has 0 heterocycles. The largest absolute Gasteiger partial charge is 0.391 e. The van der Waals surface area contributed by atoms with E-state index < -0.39 is 23.3 Å². The molecule has 3 atom stereocenters. The van der Waals surface area contributed by atoms with Crippen LogP contribution in [0.2, 0.25) is 0 Å². The van der Waals surface area contributed by atoms with Crippen LogP contribution in [0.5, 0.6) is 0 Å². The van der Waals surface area contributed by atoms with Crippen molar-refractivity contribution in [3.63, 3.8) is 0 Å². The first kappa shape index (κ1) is 29.1. The van der Waals surface area contributed by atoms with Gasteiger partial charge in [0.1, 0.15) is 0 Å². The van der Waals surface area contributed by atoms with Gasteiger partial charge < -0.3 is 21.1 Å². The average molecular weight is 510 g/mol. The predicted octanol–water partition coefficient (Wildman–Crippen LogP) is 4.53. The molecule has 1 aromatic rings. The third-order valence-corrected chi connectivity index (χ3v) is 8.08. The molecular weight excluding hydrogens is 462 g/mol. The fourth-order valence-electron chi connectivity index (χ4n) is 6.02. The van der Waals surface area contributed by atoms with Gasteiger partial charge in [0.05, 0.1) is 11.5 Å². The topological polar surface area (TPSA) is 95.7 Å². The number of benzene rings is 1. The molecule has 1 fully saturated rings. The number of nitrogens with one attached hydrogen (secondary N) is 1. The molecule has 1 saturated carbocycles. The molecule has 2 amide bonds. The van der Waals surface area contributed by atoms with E-state index in [4.69, 9.17) is 5.73 Å². The number of nitrogens with zero attached hydrogens (tertiary/aromatic N) is 1. The first-order chi connectivity index (χ1) is 17.9. The third kappa shape index (κ3) is 7.78. The minimum Gasteiger partial charge on any atom is -0.391 e. The molecule has 1 unspecified atom stereocenters. The minimum atomic E-state index is -1.15. The molecule has 0 saturated heterocycles. The normalized spacial score (nSPS) is 22.1. The van der Waals surface area contributed by atoms with Gasteiger partial charge in [-0.15, -0.1) is 0 Å². The summed E-state index contributed by atoms with van der Waals surface area (Å²) in [7, 11) is 0. The monoisotopic (exact) mass is 509 g/mol. The quantitative estimate of drug-likeness (QED) is 0.341. The van der Waals surface area contributed by atoms with Crippen LogP contribution in [0.4, 0.5) is 0 Å². The fraction of sp³-hybridized carbons (Fsp3) is 0.613. The molecule has 204 valence electrons. The number of rotatable bonds is 13. The maximum atomic E-state index is 13.5. The van der Waals surface area contributed by atoms with Crippen LogP contribution in [0, 0.1) is 11.3 Å². The second kappa shape index (κ2) is 14.5. The second-order valence-electron chi connectivity index (χ2n) is 10.9. The second-order valence-corrected chi connectivity index (χ2v) is 10.9. The first-order valence-corrected chi connectivity index (χ1v) is 14.3. The molecule has 0 radical (unpaired) electrons. The lowest BCUT2D eigenvalue weighted by molar-refractivity contribution is -0.132. The zero-order valence-electron chi connectivity index (χ0n) is 22.8. The predicted molar refractivity (Wildman–Crippen MR) is 150 cm³/mol. The van der Waals surface area contributed by atoms with E-state index in [1.54, 1.807) is 6.08 Å². The molecule has 1 aromatic carbocycles. The van der Waals surface area contributed by atoms with Gasteiger partial charge in [0.25, 0.3) is 0 Å². The van der Waals surface area contributed by atoms with Crippen molar-refractivity contribution in [2.75, 3.05) is 19.6 Å². The van der Waals surface area contributed by atoms with E-state index in [1.165, 1.54) is 25.7 Å². The SMILES string of the molecule is CCCN(CCC)C(=O)C1=CC=CC(C(N)=O)([C@H](Cc2ccccc2)[C@@H](O)CNC2CCCCCC2)C1. The summed E-state index contributed by atoms with van der Waals surface area (Å²) in [5.74, 6) is -0.999. The zero-order chi connectivity index (χ0) is 26.7. The molecule has 4 N–H and O–H groups in total. The van der Waals surface area contributed by atoms with Gasteiger partial charge >= 0.3 is 0 Å².